The number of Topliss-reactive ketones (excluding diaryl/α,β-unsaturated/α-hetero) is 1. The van der Waals surface area contributed by atoms with E-state index in [2.05, 4.69) is 16.0 Å². The number of halogens is 2. The molecule has 3 aliphatic heterocycles. The molecule has 0 aliphatic carbocycles. The molecule has 7 rings (SSSR count). The van der Waals surface area contributed by atoms with Crippen LogP contribution in [0.1, 0.15) is 39.0 Å². The number of nitro groups is 1. The number of nitrogens with zero attached hydrogens (tertiary/aromatic N) is 1. The molecular formula is C31H22ClFN4O4. The van der Waals surface area contributed by atoms with Crippen LogP contribution in [0.4, 0.5) is 21.5 Å². The zero-order valence-corrected chi connectivity index (χ0v) is 22.1. The number of hydrogen-bond acceptors (Lipinski definition) is 6. The van der Waals surface area contributed by atoms with Gasteiger partial charge in [-0.2, -0.15) is 0 Å². The molecule has 0 bridgehead atoms. The second kappa shape index (κ2) is 8.95. The van der Waals surface area contributed by atoms with Crippen LogP contribution in [-0.2, 0) is 10.3 Å². The van der Waals surface area contributed by atoms with E-state index in [9.17, 15) is 19.3 Å². The van der Waals surface area contributed by atoms with Gasteiger partial charge in [-0.25, -0.2) is 4.39 Å². The van der Waals surface area contributed by atoms with Crippen molar-refractivity contribution in [3.05, 3.63) is 134 Å². The highest BCUT2D eigenvalue weighted by Gasteiger charge is 2.74. The molecule has 3 aliphatic rings. The molecule has 4 atom stereocenters. The molecule has 4 aromatic rings. The SMILES string of the molecule is O=C1c2cccc([N+](=O)[O-])c2NC[C@@]12[C@H](c1ccc(F)cc1)[C@@H](c1ccccc1)N[C@]21C(=O)Nc2ccc(Cl)cc21. The molecule has 41 heavy (non-hydrogen) atoms. The molecule has 10 heteroatoms. The molecule has 3 heterocycles. The van der Waals surface area contributed by atoms with E-state index in [1.54, 1.807) is 30.3 Å². The van der Waals surface area contributed by atoms with Crippen molar-refractivity contribution in [2.24, 2.45) is 5.41 Å². The van der Waals surface area contributed by atoms with Crippen LogP contribution < -0.4 is 16.0 Å². The third kappa shape index (κ3) is 3.36. The molecule has 204 valence electrons. The number of carbonyl (C=O) groups excluding carboxylic acids is 2. The second-order valence-electron chi connectivity index (χ2n) is 10.6. The molecule has 0 aromatic heterocycles. The van der Waals surface area contributed by atoms with Gasteiger partial charge in [0.2, 0.25) is 0 Å². The van der Waals surface area contributed by atoms with E-state index in [-0.39, 0.29) is 23.5 Å². The highest BCUT2D eigenvalue weighted by Crippen LogP contribution is 2.66. The van der Waals surface area contributed by atoms with E-state index in [4.69, 9.17) is 11.6 Å². The standard InChI is InChI=1S/C31H22ClFN4O4/c32-19-11-14-23-22(15-19)31(29(39)35-23)30(16-34-27-21(28(30)38)7-4-8-24(27)37(40)41)25(17-9-12-20(33)13-10-17)26(36-31)18-5-2-1-3-6-18/h1-15,25-26,34,36H,16H2,(H,35,39)/t25-,26-,30-,31-/m1/s1. The number of anilines is 2. The Kier molecular flexibility index (Phi) is 5.54. The summed E-state index contributed by atoms with van der Waals surface area (Å²) in [6, 6.07) is 24.1. The van der Waals surface area contributed by atoms with Crippen molar-refractivity contribution in [3.8, 4) is 0 Å². The Morgan fingerprint density at radius 1 is 0.927 bits per heavy atom. The van der Waals surface area contributed by atoms with E-state index in [0.29, 0.717) is 21.8 Å². The van der Waals surface area contributed by atoms with Gasteiger partial charge in [0.15, 0.2) is 5.78 Å². The largest absolute Gasteiger partial charge is 0.378 e. The molecule has 0 radical (unpaired) electrons. The van der Waals surface area contributed by atoms with E-state index < -0.39 is 45.3 Å². The van der Waals surface area contributed by atoms with Crippen LogP contribution in [0.25, 0.3) is 0 Å². The number of para-hydroxylation sites is 1. The minimum Gasteiger partial charge on any atom is -0.378 e. The van der Waals surface area contributed by atoms with E-state index in [0.717, 1.165) is 5.56 Å². The fourth-order valence-electron chi connectivity index (χ4n) is 7.08. The lowest BCUT2D eigenvalue weighted by Gasteiger charge is -2.46. The van der Waals surface area contributed by atoms with Crippen molar-refractivity contribution in [3.63, 3.8) is 0 Å². The number of hydrogen-bond donors (Lipinski definition) is 3. The average Bonchev–Trinajstić information content (AvgIpc) is 3.44. The summed E-state index contributed by atoms with van der Waals surface area (Å²) >= 11 is 6.47. The number of nitro benzene ring substituents is 1. The van der Waals surface area contributed by atoms with E-state index in [1.165, 1.54) is 30.3 Å². The van der Waals surface area contributed by atoms with Gasteiger partial charge in [0.05, 0.1) is 10.3 Å². The van der Waals surface area contributed by atoms with E-state index in [1.807, 2.05) is 30.3 Å². The van der Waals surface area contributed by atoms with E-state index >= 15 is 4.79 Å². The van der Waals surface area contributed by atoms with Crippen molar-refractivity contribution in [1.82, 2.24) is 5.32 Å². The average molecular weight is 569 g/mol. The van der Waals surface area contributed by atoms with Crippen molar-refractivity contribution in [2.45, 2.75) is 17.5 Å². The summed E-state index contributed by atoms with van der Waals surface area (Å²) in [6.07, 6.45) is 0. The van der Waals surface area contributed by atoms with Crippen molar-refractivity contribution in [2.75, 3.05) is 17.2 Å². The molecule has 0 unspecified atom stereocenters. The first kappa shape index (κ1) is 25.4. The molecular weight excluding hydrogens is 547 g/mol. The number of nitrogens with one attached hydrogen (secondary N) is 3. The smallest absolute Gasteiger partial charge is 0.293 e. The number of benzene rings is 4. The van der Waals surface area contributed by atoms with Gasteiger partial charge in [-0.05, 0) is 47.5 Å². The molecule has 3 N–H and O–H groups in total. The molecule has 1 fully saturated rings. The third-order valence-electron chi connectivity index (χ3n) is 8.70. The zero-order chi connectivity index (χ0) is 28.5. The minimum absolute atomic E-state index is 0.106. The number of fused-ring (bicyclic) bond motifs is 4. The molecule has 4 aromatic carbocycles. The quantitative estimate of drug-likeness (QED) is 0.208. The monoisotopic (exact) mass is 568 g/mol. The van der Waals surface area contributed by atoms with Crippen LogP contribution in [0.3, 0.4) is 0 Å². The minimum atomic E-state index is -1.63. The molecule has 1 saturated heterocycles. The highest BCUT2D eigenvalue weighted by molar-refractivity contribution is 6.31. The van der Waals surface area contributed by atoms with Crippen LogP contribution in [-0.4, -0.2) is 23.2 Å². The molecule has 2 spiro atoms. The summed E-state index contributed by atoms with van der Waals surface area (Å²) in [6.45, 7) is -0.110. The van der Waals surface area contributed by atoms with Crippen LogP contribution in [0.2, 0.25) is 5.02 Å². The summed E-state index contributed by atoms with van der Waals surface area (Å²) in [5.41, 5.74) is -0.726. The van der Waals surface area contributed by atoms with Crippen molar-refractivity contribution < 1.29 is 18.9 Å². The summed E-state index contributed by atoms with van der Waals surface area (Å²) in [5.74, 6) is -2.01. The third-order valence-corrected chi connectivity index (χ3v) is 8.94. The first-order valence-electron chi connectivity index (χ1n) is 13.0. The first-order chi connectivity index (χ1) is 19.8. The Morgan fingerprint density at radius 2 is 1.68 bits per heavy atom. The van der Waals surface area contributed by atoms with Crippen LogP contribution in [0.5, 0.6) is 0 Å². The number of amides is 1. The Balaban J connectivity index is 1.58. The van der Waals surface area contributed by atoms with Gasteiger partial charge < -0.3 is 10.6 Å². The van der Waals surface area contributed by atoms with Crippen LogP contribution in [0, 0.1) is 21.3 Å². The van der Waals surface area contributed by atoms with Gasteiger partial charge in [0.25, 0.3) is 11.6 Å². The van der Waals surface area contributed by atoms with Gasteiger partial charge in [-0.1, -0.05) is 60.1 Å². The van der Waals surface area contributed by atoms with Gasteiger partial charge in [-0.3, -0.25) is 25.0 Å². The normalized spacial score (nSPS) is 26.0. The maximum atomic E-state index is 15.1. The topological polar surface area (TPSA) is 113 Å². The Hall–Kier alpha value is -4.60. The van der Waals surface area contributed by atoms with Crippen LogP contribution in [0.15, 0.2) is 91.0 Å². The maximum absolute atomic E-state index is 15.1. The summed E-state index contributed by atoms with van der Waals surface area (Å²) in [4.78, 5) is 40.7. The Bertz CT molecular complexity index is 1770. The van der Waals surface area contributed by atoms with Gasteiger partial charge in [0.1, 0.15) is 17.0 Å². The van der Waals surface area contributed by atoms with Crippen LogP contribution >= 0.6 is 11.6 Å². The maximum Gasteiger partial charge on any atom is 0.293 e. The highest BCUT2D eigenvalue weighted by atomic mass is 35.5. The van der Waals surface area contributed by atoms with Gasteiger partial charge >= 0.3 is 0 Å². The fraction of sp³-hybridized carbons (Fsp3) is 0.161. The zero-order valence-electron chi connectivity index (χ0n) is 21.4. The number of ketones is 1. The number of rotatable bonds is 3. The Morgan fingerprint density at radius 3 is 2.41 bits per heavy atom. The van der Waals surface area contributed by atoms with Gasteiger partial charge in [0, 0.05) is 46.4 Å². The second-order valence-corrected chi connectivity index (χ2v) is 11.0. The summed E-state index contributed by atoms with van der Waals surface area (Å²) < 4.78 is 14.2. The van der Waals surface area contributed by atoms with Crippen molar-refractivity contribution in [1.29, 1.82) is 0 Å². The predicted octanol–water partition coefficient (Wildman–Crippen LogP) is 5.96. The fourth-order valence-corrected chi connectivity index (χ4v) is 7.25. The molecule has 0 saturated carbocycles. The predicted molar refractivity (Wildman–Crippen MR) is 152 cm³/mol. The van der Waals surface area contributed by atoms with Crippen molar-refractivity contribution >= 4 is 40.4 Å². The summed E-state index contributed by atoms with van der Waals surface area (Å²) in [5, 5.41) is 22.0. The lowest BCUT2D eigenvalue weighted by atomic mass is 9.55. The summed E-state index contributed by atoms with van der Waals surface area (Å²) in [7, 11) is 0. The lowest BCUT2D eigenvalue weighted by molar-refractivity contribution is -0.384. The Labute approximate surface area is 238 Å². The molecule has 1 amide bonds. The van der Waals surface area contributed by atoms with Gasteiger partial charge in [-0.15, -0.1) is 0 Å². The molecule has 8 nitrogen and oxygen atoms in total. The lowest BCUT2D eigenvalue weighted by Crippen LogP contribution is -2.62. The first-order valence-corrected chi connectivity index (χ1v) is 13.4. The number of carbonyl (C=O) groups is 2.